The second-order valence-electron chi connectivity index (χ2n) is 7.96. The van der Waals surface area contributed by atoms with Crippen molar-refractivity contribution in [3.8, 4) is 0 Å². The molecule has 162 valence electrons. The van der Waals surface area contributed by atoms with E-state index < -0.39 is 16.5 Å². The van der Waals surface area contributed by atoms with Gasteiger partial charge in [-0.15, -0.1) is 11.8 Å². The molecule has 0 aliphatic carbocycles. The average Bonchev–Trinajstić information content (AvgIpc) is 3.33. The predicted molar refractivity (Wildman–Crippen MR) is 120 cm³/mol. The summed E-state index contributed by atoms with van der Waals surface area (Å²) in [5.41, 5.74) is 3.13. The van der Waals surface area contributed by atoms with Crippen molar-refractivity contribution < 1.29 is 18.4 Å². The number of hydrogen-bond acceptors (Lipinski definition) is 3. The molecule has 2 amide bonds. The number of aryl methyl sites for hydroxylation is 1. The summed E-state index contributed by atoms with van der Waals surface area (Å²) in [4.78, 5) is 29.3. The maximum Gasteiger partial charge on any atom is 0.268 e. The number of carbonyl (C=O) groups excluding carboxylic acids is 2. The maximum atomic E-state index is 14.4. The van der Waals surface area contributed by atoms with Gasteiger partial charge in [0.05, 0.1) is 12.2 Å². The highest BCUT2D eigenvalue weighted by Crippen LogP contribution is 2.54. The van der Waals surface area contributed by atoms with Crippen LogP contribution in [0.3, 0.4) is 0 Å². The second-order valence-corrected chi connectivity index (χ2v) is 9.25. The monoisotopic (exact) mass is 450 g/mol. The third-order valence-electron chi connectivity index (χ3n) is 5.99. The van der Waals surface area contributed by atoms with Crippen molar-refractivity contribution in [3.63, 3.8) is 0 Å². The number of halogens is 2. The fourth-order valence-electron chi connectivity index (χ4n) is 4.40. The zero-order valence-electron chi connectivity index (χ0n) is 17.3. The Morgan fingerprint density at radius 3 is 2.56 bits per heavy atom. The van der Waals surface area contributed by atoms with Crippen molar-refractivity contribution in [1.82, 2.24) is 4.90 Å². The zero-order chi connectivity index (χ0) is 22.5. The van der Waals surface area contributed by atoms with Gasteiger partial charge in [-0.3, -0.25) is 9.59 Å². The molecule has 3 aromatic rings. The topological polar surface area (TPSA) is 40.6 Å². The van der Waals surface area contributed by atoms with Crippen LogP contribution in [0.5, 0.6) is 0 Å². The summed E-state index contributed by atoms with van der Waals surface area (Å²) >= 11 is 1.42. The van der Waals surface area contributed by atoms with Crippen LogP contribution < -0.4 is 4.90 Å². The van der Waals surface area contributed by atoms with Crippen molar-refractivity contribution in [2.45, 2.75) is 18.3 Å². The van der Waals surface area contributed by atoms with Crippen LogP contribution in [0.2, 0.25) is 0 Å². The third-order valence-corrected chi connectivity index (χ3v) is 7.41. The van der Waals surface area contributed by atoms with E-state index in [1.807, 2.05) is 37.3 Å². The largest absolute Gasteiger partial charge is 0.311 e. The van der Waals surface area contributed by atoms with Crippen LogP contribution in [-0.4, -0.2) is 29.0 Å². The number of amides is 2. The number of thioether (sulfide) groups is 1. The first-order valence-corrected chi connectivity index (χ1v) is 11.3. The highest BCUT2D eigenvalue weighted by molar-refractivity contribution is 8.01. The van der Waals surface area contributed by atoms with E-state index in [-0.39, 0.29) is 23.9 Å². The highest BCUT2D eigenvalue weighted by atomic mass is 32.2. The normalized spacial score (nSPS) is 19.7. The predicted octanol–water partition coefficient (Wildman–Crippen LogP) is 4.86. The van der Waals surface area contributed by atoms with Gasteiger partial charge in [0, 0.05) is 35.1 Å². The first-order chi connectivity index (χ1) is 15.4. The molecule has 1 saturated heterocycles. The molecule has 2 aliphatic rings. The molecule has 1 fully saturated rings. The standard InChI is InChI=1S/C25H20F2N2O2S/c1-16-6-8-17(9-7-16)23(30)29-12-13-32-25(29)20-4-2-3-5-22(20)28(24(25)31)15-18-10-11-19(26)14-21(18)27/h2-11,14H,12-13,15H2,1H3/t25-/m1/s1. The molecular formula is C25H20F2N2O2S. The highest BCUT2D eigenvalue weighted by Gasteiger charge is 2.59. The van der Waals surface area contributed by atoms with Crippen LogP contribution in [0, 0.1) is 18.6 Å². The molecular weight excluding hydrogens is 430 g/mol. The number of carbonyl (C=O) groups is 2. The van der Waals surface area contributed by atoms with Gasteiger partial charge >= 0.3 is 0 Å². The number of nitrogens with zero attached hydrogens (tertiary/aromatic N) is 2. The molecule has 32 heavy (non-hydrogen) atoms. The fourth-order valence-corrected chi connectivity index (χ4v) is 5.86. The lowest BCUT2D eigenvalue weighted by Crippen LogP contribution is -2.50. The SMILES string of the molecule is Cc1ccc(C(=O)N2CCS[C@]23C(=O)N(Cc2ccc(F)cc2F)c2ccccc23)cc1. The summed E-state index contributed by atoms with van der Waals surface area (Å²) in [6, 6.07) is 17.9. The van der Waals surface area contributed by atoms with Gasteiger partial charge in [0.1, 0.15) is 11.6 Å². The molecule has 0 N–H and O–H groups in total. The maximum absolute atomic E-state index is 14.4. The molecule has 2 aliphatic heterocycles. The molecule has 4 nitrogen and oxygen atoms in total. The number of para-hydroxylation sites is 1. The Bertz CT molecular complexity index is 1230. The van der Waals surface area contributed by atoms with Crippen molar-refractivity contribution in [2.75, 3.05) is 17.2 Å². The van der Waals surface area contributed by atoms with E-state index in [0.29, 0.717) is 23.5 Å². The van der Waals surface area contributed by atoms with E-state index in [0.717, 1.165) is 17.2 Å². The van der Waals surface area contributed by atoms with Crippen molar-refractivity contribution in [2.24, 2.45) is 0 Å². The first-order valence-electron chi connectivity index (χ1n) is 10.3. The lowest BCUT2D eigenvalue weighted by Gasteiger charge is -2.33. The van der Waals surface area contributed by atoms with Gasteiger partial charge in [0.2, 0.25) is 0 Å². The minimum absolute atomic E-state index is 0.0448. The van der Waals surface area contributed by atoms with Crippen LogP contribution in [0.25, 0.3) is 0 Å². The summed E-state index contributed by atoms with van der Waals surface area (Å²) in [5.74, 6) is -1.27. The van der Waals surface area contributed by atoms with Gasteiger partial charge in [-0.25, -0.2) is 8.78 Å². The van der Waals surface area contributed by atoms with Gasteiger partial charge in [-0.05, 0) is 31.2 Å². The van der Waals surface area contributed by atoms with Gasteiger partial charge < -0.3 is 9.80 Å². The molecule has 0 unspecified atom stereocenters. The number of rotatable bonds is 3. The van der Waals surface area contributed by atoms with Crippen LogP contribution in [-0.2, 0) is 16.2 Å². The molecule has 0 radical (unpaired) electrons. The van der Waals surface area contributed by atoms with E-state index in [1.54, 1.807) is 23.1 Å². The summed E-state index contributed by atoms with van der Waals surface area (Å²) < 4.78 is 27.8. The van der Waals surface area contributed by atoms with E-state index in [4.69, 9.17) is 0 Å². The lowest BCUT2D eigenvalue weighted by molar-refractivity contribution is -0.123. The quantitative estimate of drug-likeness (QED) is 0.572. The number of anilines is 1. The molecule has 0 saturated carbocycles. The molecule has 0 bridgehead atoms. The van der Waals surface area contributed by atoms with Crippen molar-refractivity contribution in [3.05, 3.63) is 101 Å². The van der Waals surface area contributed by atoms with Gasteiger partial charge in [-0.1, -0.05) is 42.0 Å². The van der Waals surface area contributed by atoms with Crippen molar-refractivity contribution in [1.29, 1.82) is 0 Å². The van der Waals surface area contributed by atoms with E-state index in [1.165, 1.54) is 28.8 Å². The van der Waals surface area contributed by atoms with E-state index in [2.05, 4.69) is 0 Å². The molecule has 1 spiro atoms. The lowest BCUT2D eigenvalue weighted by atomic mass is 10.0. The number of fused-ring (bicyclic) bond motifs is 2. The Labute approximate surface area is 188 Å². The van der Waals surface area contributed by atoms with Crippen LogP contribution >= 0.6 is 11.8 Å². The Kier molecular flexibility index (Phi) is 5.01. The molecule has 5 rings (SSSR count). The molecule has 0 aromatic heterocycles. The van der Waals surface area contributed by atoms with Gasteiger partial charge in [0.25, 0.3) is 11.8 Å². The Morgan fingerprint density at radius 1 is 1.06 bits per heavy atom. The summed E-state index contributed by atoms with van der Waals surface area (Å²) in [5, 5.41) is 0. The third kappa shape index (κ3) is 3.11. The smallest absolute Gasteiger partial charge is 0.268 e. The molecule has 7 heteroatoms. The fraction of sp³-hybridized carbons (Fsp3) is 0.200. The summed E-state index contributed by atoms with van der Waals surface area (Å²) in [7, 11) is 0. The zero-order valence-corrected chi connectivity index (χ0v) is 18.2. The summed E-state index contributed by atoms with van der Waals surface area (Å²) in [6.07, 6.45) is 0. The average molecular weight is 451 g/mol. The second kappa shape index (κ2) is 7.74. The molecule has 1 atom stereocenters. The Hall–Kier alpha value is -3.19. The Balaban J connectivity index is 1.57. The summed E-state index contributed by atoms with van der Waals surface area (Å²) in [6.45, 7) is 2.33. The van der Waals surface area contributed by atoms with Gasteiger partial charge in [0.15, 0.2) is 4.87 Å². The molecule has 3 aromatic carbocycles. The van der Waals surface area contributed by atoms with E-state index in [9.17, 15) is 18.4 Å². The Morgan fingerprint density at radius 2 is 1.81 bits per heavy atom. The minimum atomic E-state index is -1.20. The molecule has 2 heterocycles. The van der Waals surface area contributed by atoms with E-state index >= 15 is 0 Å². The number of hydrogen-bond donors (Lipinski definition) is 0. The minimum Gasteiger partial charge on any atom is -0.311 e. The van der Waals surface area contributed by atoms with Crippen LogP contribution in [0.15, 0.2) is 66.7 Å². The van der Waals surface area contributed by atoms with Crippen LogP contribution in [0.4, 0.5) is 14.5 Å². The first kappa shape index (κ1) is 20.7. The van der Waals surface area contributed by atoms with Gasteiger partial charge in [-0.2, -0.15) is 0 Å². The van der Waals surface area contributed by atoms with Crippen LogP contribution in [0.1, 0.15) is 27.0 Å². The van der Waals surface area contributed by atoms with Crippen molar-refractivity contribution >= 4 is 29.3 Å². The number of benzene rings is 3.